The normalized spacial score (nSPS) is 11.2. The van der Waals surface area contributed by atoms with E-state index in [-0.39, 0.29) is 0 Å². The summed E-state index contributed by atoms with van der Waals surface area (Å²) in [6, 6.07) is 23.2. The van der Waals surface area contributed by atoms with Crippen molar-refractivity contribution in [2.24, 2.45) is 0 Å². The number of para-hydroxylation sites is 1. The van der Waals surface area contributed by atoms with E-state index in [4.69, 9.17) is 0 Å². The fourth-order valence-electron chi connectivity index (χ4n) is 2.45. The number of rotatable bonds is 5. The van der Waals surface area contributed by atoms with Crippen LogP contribution in [0.4, 0.5) is 14.3 Å². The molecule has 24 heavy (non-hydrogen) atoms. The summed E-state index contributed by atoms with van der Waals surface area (Å²) in [6.07, 6.45) is 3.32. The van der Waals surface area contributed by atoms with Crippen LogP contribution in [0, 0.1) is 0 Å². The SMILES string of the molecule is FB(F)N(/C(=C\c1ccccn1)c1ccccc1)c1ccccc1. The molecule has 0 N–H and O–H groups in total. The van der Waals surface area contributed by atoms with Crippen molar-refractivity contribution in [2.75, 3.05) is 4.81 Å². The van der Waals surface area contributed by atoms with Gasteiger partial charge in [-0.15, -0.1) is 0 Å². The van der Waals surface area contributed by atoms with Gasteiger partial charge in [-0.1, -0.05) is 54.6 Å². The van der Waals surface area contributed by atoms with Crippen LogP contribution in [0.5, 0.6) is 0 Å². The fraction of sp³-hybridized carbons (Fsp3) is 0. The maximum atomic E-state index is 13.9. The van der Waals surface area contributed by atoms with Gasteiger partial charge in [0.1, 0.15) is 0 Å². The highest BCUT2D eigenvalue weighted by atomic mass is 19.2. The number of benzene rings is 2. The van der Waals surface area contributed by atoms with Gasteiger partial charge in [-0.3, -0.25) is 13.6 Å². The number of halogens is 2. The minimum Gasteiger partial charge on any atom is -0.325 e. The lowest BCUT2D eigenvalue weighted by Gasteiger charge is -2.25. The molecule has 1 aromatic heterocycles. The van der Waals surface area contributed by atoms with Crippen molar-refractivity contribution in [3.05, 3.63) is 96.3 Å². The smallest absolute Gasteiger partial charge is 0.325 e. The Morgan fingerprint density at radius 1 is 0.833 bits per heavy atom. The number of hydrogen-bond acceptors (Lipinski definition) is 2. The Morgan fingerprint density at radius 3 is 2.04 bits per heavy atom. The van der Waals surface area contributed by atoms with Crippen molar-refractivity contribution in [2.45, 2.75) is 0 Å². The van der Waals surface area contributed by atoms with E-state index in [2.05, 4.69) is 4.98 Å². The predicted molar refractivity (Wildman–Crippen MR) is 95.4 cm³/mol. The first-order valence-electron chi connectivity index (χ1n) is 7.56. The quantitative estimate of drug-likeness (QED) is 0.614. The van der Waals surface area contributed by atoms with Gasteiger partial charge in [-0.25, -0.2) is 0 Å². The van der Waals surface area contributed by atoms with Gasteiger partial charge in [0.2, 0.25) is 0 Å². The van der Waals surface area contributed by atoms with Crippen LogP contribution in [0.2, 0.25) is 0 Å². The molecule has 2 aromatic carbocycles. The number of pyridine rings is 1. The molecule has 3 aromatic rings. The molecule has 2 nitrogen and oxygen atoms in total. The first kappa shape index (κ1) is 15.9. The number of hydrogen-bond donors (Lipinski definition) is 0. The summed E-state index contributed by atoms with van der Waals surface area (Å²) in [5, 5.41) is 0. The average molecular weight is 320 g/mol. The van der Waals surface area contributed by atoms with Crippen LogP contribution in [0.15, 0.2) is 85.1 Å². The molecule has 5 heteroatoms. The number of aromatic nitrogens is 1. The summed E-state index contributed by atoms with van der Waals surface area (Å²) in [6.45, 7) is 0. The van der Waals surface area contributed by atoms with E-state index in [1.807, 2.05) is 36.4 Å². The summed E-state index contributed by atoms with van der Waals surface area (Å²) in [7, 11) is -2.68. The van der Waals surface area contributed by atoms with Crippen LogP contribution < -0.4 is 4.81 Å². The van der Waals surface area contributed by atoms with E-state index >= 15 is 0 Å². The molecule has 0 fully saturated rings. The van der Waals surface area contributed by atoms with Gasteiger partial charge in [0.05, 0.1) is 5.69 Å². The minimum atomic E-state index is -2.68. The zero-order valence-corrected chi connectivity index (χ0v) is 12.9. The first-order valence-corrected chi connectivity index (χ1v) is 7.56. The second-order valence-electron chi connectivity index (χ2n) is 5.13. The van der Waals surface area contributed by atoms with Crippen molar-refractivity contribution < 1.29 is 8.63 Å². The fourth-order valence-corrected chi connectivity index (χ4v) is 2.45. The highest BCUT2D eigenvalue weighted by Crippen LogP contribution is 2.29. The highest BCUT2D eigenvalue weighted by molar-refractivity contribution is 6.52. The molecule has 118 valence electrons. The summed E-state index contributed by atoms with van der Waals surface area (Å²) in [5.74, 6) is 0. The van der Waals surface area contributed by atoms with Gasteiger partial charge in [-0.2, -0.15) is 0 Å². The van der Waals surface area contributed by atoms with Crippen LogP contribution >= 0.6 is 0 Å². The first-order chi connectivity index (χ1) is 11.8. The van der Waals surface area contributed by atoms with Gasteiger partial charge < -0.3 is 4.81 Å². The van der Waals surface area contributed by atoms with E-state index in [0.717, 1.165) is 4.81 Å². The Labute approximate surface area is 140 Å². The summed E-state index contributed by atoms with van der Waals surface area (Å²) in [4.78, 5) is 5.25. The molecule has 0 bridgehead atoms. The van der Waals surface area contributed by atoms with E-state index < -0.39 is 7.40 Å². The van der Waals surface area contributed by atoms with Gasteiger partial charge in [-0.05, 0) is 35.9 Å². The van der Waals surface area contributed by atoms with E-state index in [9.17, 15) is 8.63 Å². The third kappa shape index (κ3) is 3.69. The second kappa shape index (κ2) is 7.55. The van der Waals surface area contributed by atoms with Crippen molar-refractivity contribution in [3.63, 3.8) is 0 Å². The predicted octanol–water partition coefficient (Wildman–Crippen LogP) is 5.01. The van der Waals surface area contributed by atoms with Gasteiger partial charge in [0.15, 0.2) is 0 Å². The highest BCUT2D eigenvalue weighted by Gasteiger charge is 2.29. The van der Waals surface area contributed by atoms with Crippen molar-refractivity contribution >= 4 is 24.9 Å². The third-order valence-corrected chi connectivity index (χ3v) is 3.53. The zero-order chi connectivity index (χ0) is 16.8. The molecule has 0 aliphatic rings. The zero-order valence-electron chi connectivity index (χ0n) is 12.9. The minimum absolute atomic E-state index is 0.399. The maximum absolute atomic E-state index is 13.9. The lowest BCUT2D eigenvalue weighted by molar-refractivity contribution is 0.657. The molecule has 0 aliphatic carbocycles. The summed E-state index contributed by atoms with van der Waals surface area (Å²) < 4.78 is 27.8. The van der Waals surface area contributed by atoms with Gasteiger partial charge in [0.25, 0.3) is 0 Å². The van der Waals surface area contributed by atoms with Crippen LogP contribution in [0.25, 0.3) is 11.8 Å². The second-order valence-corrected chi connectivity index (χ2v) is 5.13. The number of anilines is 1. The van der Waals surface area contributed by atoms with E-state index in [1.165, 1.54) is 0 Å². The molecular formula is C19H15BF2N2. The van der Waals surface area contributed by atoms with E-state index in [1.54, 1.807) is 54.7 Å². The lowest BCUT2D eigenvalue weighted by Crippen LogP contribution is -2.31. The third-order valence-electron chi connectivity index (χ3n) is 3.53. The summed E-state index contributed by atoms with van der Waals surface area (Å²) >= 11 is 0. The van der Waals surface area contributed by atoms with Crippen molar-refractivity contribution in [3.8, 4) is 0 Å². The molecule has 1 heterocycles. The van der Waals surface area contributed by atoms with Crippen LogP contribution in [-0.4, -0.2) is 12.4 Å². The topological polar surface area (TPSA) is 16.1 Å². The largest absolute Gasteiger partial charge is 0.678 e. The molecule has 0 amide bonds. The molecule has 0 saturated carbocycles. The molecule has 0 aliphatic heterocycles. The maximum Gasteiger partial charge on any atom is 0.678 e. The van der Waals surface area contributed by atoms with Gasteiger partial charge >= 0.3 is 7.40 Å². The molecule has 0 radical (unpaired) electrons. The van der Waals surface area contributed by atoms with Crippen molar-refractivity contribution in [1.29, 1.82) is 0 Å². The standard InChI is InChI=1S/C19H15BF2N2/c21-20(22)24(18-12-5-2-6-13-18)19(16-9-3-1-4-10-16)15-17-11-7-8-14-23-17/h1-15H/b19-15-. The van der Waals surface area contributed by atoms with Crippen LogP contribution in [0.1, 0.15) is 11.3 Å². The Bertz CT molecular complexity index is 793. The molecule has 0 unspecified atom stereocenters. The Morgan fingerprint density at radius 2 is 1.46 bits per heavy atom. The van der Waals surface area contributed by atoms with E-state index in [0.29, 0.717) is 22.6 Å². The van der Waals surface area contributed by atoms with Crippen LogP contribution in [-0.2, 0) is 0 Å². The molecule has 0 atom stereocenters. The molecule has 3 rings (SSSR count). The Balaban J connectivity index is 2.14. The Hall–Kier alpha value is -2.95. The molecule has 0 saturated heterocycles. The van der Waals surface area contributed by atoms with Crippen molar-refractivity contribution in [1.82, 2.24) is 4.98 Å². The van der Waals surface area contributed by atoms with Crippen LogP contribution in [0.3, 0.4) is 0 Å². The number of nitrogens with zero attached hydrogens (tertiary/aromatic N) is 2. The lowest BCUT2D eigenvalue weighted by atomic mass is 10.0. The monoisotopic (exact) mass is 320 g/mol. The van der Waals surface area contributed by atoms with Gasteiger partial charge in [0, 0.05) is 17.6 Å². The summed E-state index contributed by atoms with van der Waals surface area (Å²) in [5.41, 5.74) is 2.15. The molecule has 0 spiro atoms. The Kier molecular flexibility index (Phi) is 5.01. The molecular weight excluding hydrogens is 305 g/mol. The average Bonchev–Trinajstić information content (AvgIpc) is 2.63.